The van der Waals surface area contributed by atoms with Crippen molar-refractivity contribution in [3.63, 3.8) is 0 Å². The predicted molar refractivity (Wildman–Crippen MR) is 123 cm³/mol. The Labute approximate surface area is 194 Å². The molecule has 164 valence electrons. The van der Waals surface area contributed by atoms with Gasteiger partial charge in [-0.1, -0.05) is 41.4 Å². The summed E-state index contributed by atoms with van der Waals surface area (Å²) in [7, 11) is 0. The molecule has 0 aliphatic carbocycles. The second-order valence-electron chi connectivity index (χ2n) is 6.60. The fourth-order valence-electron chi connectivity index (χ4n) is 2.56. The van der Waals surface area contributed by atoms with Crippen LogP contribution in [0.2, 0.25) is 10.0 Å². The molecule has 0 bridgehead atoms. The average Bonchev–Trinajstić information content (AvgIpc) is 2.77. The number of halogens is 3. The van der Waals surface area contributed by atoms with Crippen LogP contribution in [-0.4, -0.2) is 18.0 Å². The van der Waals surface area contributed by atoms with Crippen molar-refractivity contribution in [2.75, 3.05) is 5.32 Å². The first-order chi connectivity index (χ1) is 15.4. The first kappa shape index (κ1) is 23.2. The van der Waals surface area contributed by atoms with E-state index in [0.29, 0.717) is 23.1 Å². The standard InChI is InChI=1S/C23H18Cl2FN3O3/c24-19-2-1-3-20(23(19)25)28-21(30)12-22(31)29-27-13-15-6-10-18(11-7-15)32-14-16-4-8-17(26)9-5-16/h1-11,13H,12,14H2,(H,28,30)(H,29,31). The van der Waals surface area contributed by atoms with Crippen molar-refractivity contribution in [1.82, 2.24) is 5.43 Å². The number of amides is 2. The lowest BCUT2D eigenvalue weighted by molar-refractivity contribution is -0.126. The predicted octanol–water partition coefficient (Wildman–Crippen LogP) is 5.19. The molecule has 3 aromatic carbocycles. The summed E-state index contributed by atoms with van der Waals surface area (Å²) in [5.41, 5.74) is 4.18. The minimum Gasteiger partial charge on any atom is -0.489 e. The molecule has 0 unspecified atom stereocenters. The number of benzene rings is 3. The lowest BCUT2D eigenvalue weighted by Crippen LogP contribution is -2.24. The van der Waals surface area contributed by atoms with Gasteiger partial charge in [-0.25, -0.2) is 9.82 Å². The number of hydrogen-bond acceptors (Lipinski definition) is 4. The van der Waals surface area contributed by atoms with Crippen LogP contribution in [-0.2, 0) is 16.2 Å². The van der Waals surface area contributed by atoms with Crippen LogP contribution >= 0.6 is 23.2 Å². The summed E-state index contributed by atoms with van der Waals surface area (Å²) in [6.07, 6.45) is 1.00. The van der Waals surface area contributed by atoms with E-state index < -0.39 is 18.2 Å². The van der Waals surface area contributed by atoms with Crippen LogP contribution in [0.3, 0.4) is 0 Å². The Kier molecular flexibility index (Phi) is 8.19. The number of rotatable bonds is 8. The van der Waals surface area contributed by atoms with E-state index in [1.165, 1.54) is 18.3 Å². The van der Waals surface area contributed by atoms with Gasteiger partial charge in [0.15, 0.2) is 0 Å². The number of carbonyl (C=O) groups is 2. The molecule has 0 saturated heterocycles. The van der Waals surface area contributed by atoms with Crippen molar-refractivity contribution < 1.29 is 18.7 Å². The zero-order valence-electron chi connectivity index (χ0n) is 16.6. The summed E-state index contributed by atoms with van der Waals surface area (Å²) >= 11 is 11.9. The highest BCUT2D eigenvalue weighted by Crippen LogP contribution is 2.29. The van der Waals surface area contributed by atoms with Crippen LogP contribution in [0.4, 0.5) is 10.1 Å². The number of nitrogens with one attached hydrogen (secondary N) is 2. The zero-order chi connectivity index (χ0) is 22.9. The van der Waals surface area contributed by atoms with Gasteiger partial charge in [-0.2, -0.15) is 5.10 Å². The Bertz CT molecular complexity index is 1120. The largest absolute Gasteiger partial charge is 0.489 e. The summed E-state index contributed by atoms with van der Waals surface area (Å²) in [6, 6.07) is 17.9. The van der Waals surface area contributed by atoms with Gasteiger partial charge in [0.05, 0.1) is 21.9 Å². The Morgan fingerprint density at radius 3 is 2.41 bits per heavy atom. The number of hydrazone groups is 1. The SMILES string of the molecule is O=C(CC(=O)Nc1cccc(Cl)c1Cl)NN=Cc1ccc(OCc2ccc(F)cc2)cc1. The normalized spacial score (nSPS) is 10.7. The highest BCUT2D eigenvalue weighted by atomic mass is 35.5. The number of nitrogens with zero attached hydrogens (tertiary/aromatic N) is 1. The maximum Gasteiger partial charge on any atom is 0.249 e. The second kappa shape index (κ2) is 11.3. The molecule has 0 saturated carbocycles. The van der Waals surface area contributed by atoms with E-state index in [4.69, 9.17) is 27.9 Å². The molecule has 3 aromatic rings. The molecule has 0 atom stereocenters. The third-order valence-corrected chi connectivity index (χ3v) is 4.97. The monoisotopic (exact) mass is 473 g/mol. The van der Waals surface area contributed by atoms with Gasteiger partial charge < -0.3 is 10.1 Å². The topological polar surface area (TPSA) is 79.8 Å². The van der Waals surface area contributed by atoms with E-state index in [9.17, 15) is 14.0 Å². The summed E-state index contributed by atoms with van der Waals surface area (Å²) < 4.78 is 18.6. The smallest absolute Gasteiger partial charge is 0.249 e. The Morgan fingerprint density at radius 1 is 0.969 bits per heavy atom. The Balaban J connectivity index is 1.43. The fourth-order valence-corrected chi connectivity index (χ4v) is 2.90. The van der Waals surface area contributed by atoms with E-state index in [2.05, 4.69) is 15.8 Å². The first-order valence-corrected chi connectivity index (χ1v) is 10.2. The van der Waals surface area contributed by atoms with E-state index >= 15 is 0 Å². The molecule has 9 heteroatoms. The van der Waals surface area contributed by atoms with Gasteiger partial charge in [0, 0.05) is 0 Å². The van der Waals surface area contributed by atoms with Gasteiger partial charge in [-0.05, 0) is 59.7 Å². The molecule has 2 amide bonds. The third kappa shape index (κ3) is 7.08. The molecule has 2 N–H and O–H groups in total. The van der Waals surface area contributed by atoms with Crippen molar-refractivity contribution in [2.45, 2.75) is 13.0 Å². The molecule has 3 rings (SSSR count). The second-order valence-corrected chi connectivity index (χ2v) is 7.39. The summed E-state index contributed by atoms with van der Waals surface area (Å²) in [5.74, 6) is -0.803. The van der Waals surface area contributed by atoms with Crippen molar-refractivity contribution in [3.8, 4) is 5.75 Å². The van der Waals surface area contributed by atoms with Crippen LogP contribution in [0.5, 0.6) is 5.75 Å². The Morgan fingerprint density at radius 2 is 1.69 bits per heavy atom. The molecule has 32 heavy (non-hydrogen) atoms. The molecule has 0 spiro atoms. The van der Waals surface area contributed by atoms with Gasteiger partial charge in [-0.3, -0.25) is 9.59 Å². The van der Waals surface area contributed by atoms with Gasteiger partial charge in [0.2, 0.25) is 11.8 Å². The third-order valence-electron chi connectivity index (χ3n) is 4.15. The molecule has 6 nitrogen and oxygen atoms in total. The van der Waals surface area contributed by atoms with Gasteiger partial charge in [-0.15, -0.1) is 0 Å². The van der Waals surface area contributed by atoms with Crippen molar-refractivity contribution in [3.05, 3.63) is 93.7 Å². The number of carbonyl (C=O) groups excluding carboxylic acids is 2. The molecule has 0 radical (unpaired) electrons. The fraction of sp³-hybridized carbons (Fsp3) is 0.0870. The minimum atomic E-state index is -0.587. The molecule has 0 aliphatic rings. The van der Waals surface area contributed by atoms with Gasteiger partial charge in [0.1, 0.15) is 24.6 Å². The van der Waals surface area contributed by atoms with Gasteiger partial charge >= 0.3 is 0 Å². The van der Waals surface area contributed by atoms with Crippen LogP contribution in [0.15, 0.2) is 71.8 Å². The van der Waals surface area contributed by atoms with E-state index in [-0.39, 0.29) is 10.8 Å². The number of hydrogen-bond donors (Lipinski definition) is 2. The van der Waals surface area contributed by atoms with Crippen molar-refractivity contribution in [1.29, 1.82) is 0 Å². The molecule has 0 heterocycles. The van der Waals surface area contributed by atoms with E-state index in [1.807, 2.05) is 0 Å². The maximum atomic E-state index is 12.9. The van der Waals surface area contributed by atoms with Crippen LogP contribution in [0, 0.1) is 5.82 Å². The lowest BCUT2D eigenvalue weighted by atomic mass is 10.2. The average molecular weight is 474 g/mol. The molecular formula is C23H18Cl2FN3O3. The summed E-state index contributed by atoms with van der Waals surface area (Å²) in [6.45, 7) is 0.312. The quantitative estimate of drug-likeness (QED) is 0.268. The minimum absolute atomic E-state index is 0.200. The molecule has 0 aromatic heterocycles. The summed E-state index contributed by atoms with van der Waals surface area (Å²) in [4.78, 5) is 23.9. The van der Waals surface area contributed by atoms with Crippen molar-refractivity contribution >= 4 is 46.9 Å². The number of anilines is 1. The first-order valence-electron chi connectivity index (χ1n) is 9.44. The van der Waals surface area contributed by atoms with E-state index in [0.717, 1.165) is 11.1 Å². The zero-order valence-corrected chi connectivity index (χ0v) is 18.2. The molecular weight excluding hydrogens is 456 g/mol. The maximum absolute atomic E-state index is 12.9. The highest BCUT2D eigenvalue weighted by Gasteiger charge is 2.12. The lowest BCUT2D eigenvalue weighted by Gasteiger charge is -2.07. The van der Waals surface area contributed by atoms with Crippen LogP contribution in [0.25, 0.3) is 0 Å². The Hall–Kier alpha value is -3.42. The molecule has 0 fully saturated rings. The van der Waals surface area contributed by atoms with Gasteiger partial charge in [0.25, 0.3) is 0 Å². The van der Waals surface area contributed by atoms with Crippen LogP contribution in [0.1, 0.15) is 17.5 Å². The highest BCUT2D eigenvalue weighted by molar-refractivity contribution is 6.44. The van der Waals surface area contributed by atoms with Crippen molar-refractivity contribution in [2.24, 2.45) is 5.10 Å². The molecule has 0 aliphatic heterocycles. The van der Waals surface area contributed by atoms with E-state index in [1.54, 1.807) is 54.6 Å². The van der Waals surface area contributed by atoms with Crippen LogP contribution < -0.4 is 15.5 Å². The summed E-state index contributed by atoms with van der Waals surface area (Å²) in [5, 5.41) is 6.86. The number of ether oxygens (including phenoxy) is 1.